The number of methoxy groups -OCH3 is 1. The van der Waals surface area contributed by atoms with E-state index in [2.05, 4.69) is 24.3 Å². The molecule has 5 heteroatoms. The molecular formula is C20H14ClNO2S. The topological polar surface area (TPSA) is 42.4 Å². The molecule has 1 N–H and O–H groups in total. The Morgan fingerprint density at radius 1 is 1.12 bits per heavy atom. The van der Waals surface area contributed by atoms with Crippen molar-refractivity contribution in [2.45, 2.75) is 0 Å². The van der Waals surface area contributed by atoms with Gasteiger partial charge >= 0.3 is 0 Å². The molecular weight excluding hydrogens is 354 g/mol. The highest BCUT2D eigenvalue weighted by Gasteiger charge is 2.08. The number of halogens is 1. The maximum Gasteiger partial charge on any atom is 0.176 e. The van der Waals surface area contributed by atoms with Crippen LogP contribution in [0.2, 0.25) is 5.02 Å². The highest BCUT2D eigenvalue weighted by atomic mass is 35.5. The van der Waals surface area contributed by atoms with Crippen LogP contribution in [-0.2, 0) is 0 Å². The number of phenolic OH excluding ortho intramolecular Hbond substituents is 1. The van der Waals surface area contributed by atoms with Gasteiger partial charge < -0.3 is 9.84 Å². The lowest BCUT2D eigenvalue weighted by Gasteiger charge is -2.06. The monoisotopic (exact) mass is 367 g/mol. The van der Waals surface area contributed by atoms with E-state index >= 15 is 0 Å². The Labute approximate surface area is 153 Å². The number of thiazole rings is 1. The van der Waals surface area contributed by atoms with Crippen LogP contribution in [-0.4, -0.2) is 17.2 Å². The highest BCUT2D eigenvalue weighted by molar-refractivity contribution is 7.19. The minimum atomic E-state index is -0.0484. The lowest BCUT2D eigenvalue weighted by atomic mass is 10.1. The van der Waals surface area contributed by atoms with Gasteiger partial charge in [-0.3, -0.25) is 0 Å². The molecule has 0 radical (unpaired) electrons. The molecule has 1 heterocycles. The number of hydrogen-bond acceptors (Lipinski definition) is 4. The third kappa shape index (κ3) is 2.95. The van der Waals surface area contributed by atoms with Gasteiger partial charge in [0.05, 0.1) is 22.3 Å². The standard InChI is InChI=1S/C20H14ClNO2S/c1-24-16-11-12(10-15(21)20(16)23)6-9-18-22-19-14-5-3-2-4-13(14)7-8-17(19)25-18/h2-11,23H,1H3/b9-6+. The first-order valence-electron chi connectivity index (χ1n) is 7.68. The zero-order valence-corrected chi connectivity index (χ0v) is 14.9. The van der Waals surface area contributed by atoms with Crippen LogP contribution in [0.3, 0.4) is 0 Å². The number of phenols is 1. The van der Waals surface area contributed by atoms with Gasteiger partial charge in [-0.05, 0) is 35.2 Å². The number of rotatable bonds is 3. The first-order chi connectivity index (χ1) is 12.2. The Kier molecular flexibility index (Phi) is 4.07. The summed E-state index contributed by atoms with van der Waals surface area (Å²) in [6.07, 6.45) is 3.86. The molecule has 3 nitrogen and oxygen atoms in total. The van der Waals surface area contributed by atoms with Crippen LogP contribution >= 0.6 is 22.9 Å². The van der Waals surface area contributed by atoms with Crippen LogP contribution < -0.4 is 4.74 Å². The molecule has 0 saturated carbocycles. The molecule has 4 rings (SSSR count). The van der Waals surface area contributed by atoms with E-state index in [0.717, 1.165) is 26.2 Å². The summed E-state index contributed by atoms with van der Waals surface area (Å²) in [5.41, 5.74) is 1.85. The Balaban J connectivity index is 1.74. The number of ether oxygens (including phenoxy) is 1. The summed E-state index contributed by atoms with van der Waals surface area (Å²) < 4.78 is 6.29. The lowest BCUT2D eigenvalue weighted by molar-refractivity contribution is 0.373. The summed E-state index contributed by atoms with van der Waals surface area (Å²) in [4.78, 5) is 4.76. The van der Waals surface area contributed by atoms with Crippen LogP contribution in [0.1, 0.15) is 10.6 Å². The van der Waals surface area contributed by atoms with Crippen molar-refractivity contribution < 1.29 is 9.84 Å². The van der Waals surface area contributed by atoms with E-state index in [9.17, 15) is 5.11 Å². The van der Waals surface area contributed by atoms with Crippen LogP contribution in [0.25, 0.3) is 33.1 Å². The summed E-state index contributed by atoms with van der Waals surface area (Å²) >= 11 is 7.67. The smallest absolute Gasteiger partial charge is 0.176 e. The van der Waals surface area contributed by atoms with Gasteiger partial charge in [-0.25, -0.2) is 4.98 Å². The third-order valence-corrected chi connectivity index (χ3v) is 5.26. The molecule has 0 amide bonds. The van der Waals surface area contributed by atoms with Gasteiger partial charge in [0.25, 0.3) is 0 Å². The van der Waals surface area contributed by atoms with E-state index in [-0.39, 0.29) is 10.8 Å². The summed E-state index contributed by atoms with van der Waals surface area (Å²) in [6.45, 7) is 0. The Morgan fingerprint density at radius 2 is 1.96 bits per heavy atom. The fraction of sp³-hybridized carbons (Fsp3) is 0.0500. The molecule has 0 saturated heterocycles. The van der Waals surface area contributed by atoms with E-state index in [4.69, 9.17) is 21.3 Å². The second-order valence-electron chi connectivity index (χ2n) is 5.57. The molecule has 0 bridgehead atoms. The number of nitrogens with zero attached hydrogens (tertiary/aromatic N) is 1. The van der Waals surface area contributed by atoms with Gasteiger partial charge in [-0.15, -0.1) is 11.3 Å². The van der Waals surface area contributed by atoms with Gasteiger partial charge in [0.1, 0.15) is 5.01 Å². The van der Waals surface area contributed by atoms with Crippen molar-refractivity contribution >= 4 is 56.1 Å². The molecule has 3 aromatic carbocycles. The zero-order valence-electron chi connectivity index (χ0n) is 13.4. The summed E-state index contributed by atoms with van der Waals surface area (Å²) in [5.74, 6) is 0.301. The molecule has 0 aliphatic rings. The average Bonchev–Trinajstić information content (AvgIpc) is 3.06. The minimum absolute atomic E-state index is 0.0484. The van der Waals surface area contributed by atoms with Gasteiger partial charge in [-0.1, -0.05) is 48.0 Å². The third-order valence-electron chi connectivity index (χ3n) is 3.99. The molecule has 25 heavy (non-hydrogen) atoms. The summed E-state index contributed by atoms with van der Waals surface area (Å²) in [7, 11) is 1.50. The molecule has 1 aromatic heterocycles. The predicted molar refractivity (Wildman–Crippen MR) is 106 cm³/mol. The lowest BCUT2D eigenvalue weighted by Crippen LogP contribution is -1.85. The number of benzene rings is 3. The van der Waals surface area contributed by atoms with Crippen molar-refractivity contribution in [2.24, 2.45) is 0 Å². The molecule has 124 valence electrons. The van der Waals surface area contributed by atoms with Crippen LogP contribution in [0.15, 0.2) is 48.5 Å². The fourth-order valence-electron chi connectivity index (χ4n) is 2.76. The molecule has 0 aliphatic carbocycles. The molecule has 0 spiro atoms. The number of hydrogen-bond donors (Lipinski definition) is 1. The normalized spacial score (nSPS) is 11.6. The molecule has 0 aliphatic heterocycles. The van der Waals surface area contributed by atoms with Crippen LogP contribution in [0.4, 0.5) is 0 Å². The van der Waals surface area contributed by atoms with E-state index < -0.39 is 0 Å². The van der Waals surface area contributed by atoms with Gasteiger partial charge in [-0.2, -0.15) is 0 Å². The highest BCUT2D eigenvalue weighted by Crippen LogP contribution is 2.36. The molecule has 4 aromatic rings. The predicted octanol–water partition coefficient (Wildman–Crippen LogP) is 5.99. The quantitative estimate of drug-likeness (QED) is 0.483. The number of fused-ring (bicyclic) bond motifs is 3. The zero-order chi connectivity index (χ0) is 17.4. The number of aromatic hydroxyl groups is 1. The van der Waals surface area contributed by atoms with E-state index in [1.54, 1.807) is 23.5 Å². The van der Waals surface area contributed by atoms with Crippen molar-refractivity contribution in [3.8, 4) is 11.5 Å². The molecule has 0 atom stereocenters. The van der Waals surface area contributed by atoms with Gasteiger partial charge in [0.15, 0.2) is 11.5 Å². The fourth-order valence-corrected chi connectivity index (χ4v) is 3.87. The van der Waals surface area contributed by atoms with E-state index in [1.165, 1.54) is 12.5 Å². The first-order valence-corrected chi connectivity index (χ1v) is 8.88. The maximum atomic E-state index is 9.81. The Morgan fingerprint density at radius 3 is 2.80 bits per heavy atom. The minimum Gasteiger partial charge on any atom is -0.503 e. The van der Waals surface area contributed by atoms with Crippen molar-refractivity contribution in [1.82, 2.24) is 4.98 Å². The van der Waals surface area contributed by atoms with Crippen molar-refractivity contribution in [2.75, 3.05) is 7.11 Å². The van der Waals surface area contributed by atoms with Gasteiger partial charge in [0, 0.05) is 5.39 Å². The van der Waals surface area contributed by atoms with Crippen molar-refractivity contribution in [3.63, 3.8) is 0 Å². The average molecular weight is 368 g/mol. The maximum absolute atomic E-state index is 9.81. The molecule has 0 unspecified atom stereocenters. The Bertz CT molecular complexity index is 1120. The Hall–Kier alpha value is -2.56. The summed E-state index contributed by atoms with van der Waals surface area (Å²) in [5, 5.41) is 13.3. The SMILES string of the molecule is COc1cc(/C=C/c2nc3c(ccc4ccccc43)s2)cc(Cl)c1O. The first kappa shape index (κ1) is 15.9. The van der Waals surface area contributed by atoms with Gasteiger partial charge in [0.2, 0.25) is 0 Å². The molecule has 0 fully saturated rings. The van der Waals surface area contributed by atoms with E-state index in [1.807, 2.05) is 24.3 Å². The largest absolute Gasteiger partial charge is 0.503 e. The van der Waals surface area contributed by atoms with Crippen molar-refractivity contribution in [3.05, 3.63) is 64.1 Å². The van der Waals surface area contributed by atoms with E-state index in [0.29, 0.717) is 5.75 Å². The second kappa shape index (κ2) is 6.39. The number of aromatic nitrogens is 1. The van der Waals surface area contributed by atoms with Crippen LogP contribution in [0, 0.1) is 0 Å². The van der Waals surface area contributed by atoms with Crippen molar-refractivity contribution in [1.29, 1.82) is 0 Å². The van der Waals surface area contributed by atoms with Crippen LogP contribution in [0.5, 0.6) is 11.5 Å². The second-order valence-corrected chi connectivity index (χ2v) is 7.04. The summed E-state index contributed by atoms with van der Waals surface area (Å²) in [6, 6.07) is 15.9.